The summed E-state index contributed by atoms with van der Waals surface area (Å²) >= 11 is 0. The van der Waals surface area contributed by atoms with Gasteiger partial charge in [0.05, 0.1) is 0 Å². The Bertz CT molecular complexity index is 410. The molecule has 0 spiro atoms. The highest BCUT2D eigenvalue weighted by molar-refractivity contribution is 5.40. The smallest absolute Gasteiger partial charge is 0.00496 e. The molecule has 0 aliphatic heterocycles. The van der Waals surface area contributed by atoms with Crippen LogP contribution in [0.1, 0.15) is 64.2 Å². The number of benzene rings is 1. The van der Waals surface area contributed by atoms with Gasteiger partial charge in [-0.15, -0.1) is 0 Å². The maximum Gasteiger partial charge on any atom is -0.00496 e. The fraction of sp³-hybridized carbons (Fsp3) is 0.647. The summed E-state index contributed by atoms with van der Waals surface area (Å²) < 4.78 is 0. The van der Waals surface area contributed by atoms with E-state index in [1.807, 2.05) is 0 Å². The molecule has 0 heteroatoms. The van der Waals surface area contributed by atoms with Crippen LogP contribution in [0.15, 0.2) is 18.2 Å². The fourth-order valence-electron chi connectivity index (χ4n) is 3.03. The van der Waals surface area contributed by atoms with Crippen LogP contribution >= 0.6 is 0 Å². The highest BCUT2D eigenvalue weighted by atomic mass is 14.5. The first-order valence-electron chi connectivity index (χ1n) is 7.01. The van der Waals surface area contributed by atoms with E-state index in [4.69, 9.17) is 0 Å². The quantitative estimate of drug-likeness (QED) is 0.678. The van der Waals surface area contributed by atoms with E-state index in [1.165, 1.54) is 31.2 Å². The van der Waals surface area contributed by atoms with Crippen molar-refractivity contribution in [2.24, 2.45) is 5.41 Å². The average molecular weight is 230 g/mol. The molecule has 0 atom stereocenters. The molecule has 0 saturated carbocycles. The topological polar surface area (TPSA) is 0 Å². The molecule has 0 heterocycles. The minimum atomic E-state index is 0.297. The zero-order valence-corrected chi connectivity index (χ0v) is 12.1. The van der Waals surface area contributed by atoms with Gasteiger partial charge in [-0.1, -0.05) is 59.2 Å². The lowest BCUT2D eigenvalue weighted by Gasteiger charge is -2.47. The average Bonchev–Trinajstić information content (AvgIpc) is 2.25. The molecular formula is C17H26. The van der Waals surface area contributed by atoms with Crippen molar-refractivity contribution >= 4 is 0 Å². The van der Waals surface area contributed by atoms with Crippen molar-refractivity contribution in [3.8, 4) is 0 Å². The van der Waals surface area contributed by atoms with E-state index in [2.05, 4.69) is 52.8 Å². The molecule has 0 bridgehead atoms. The normalized spacial score (nSPS) is 21.0. The molecule has 0 amide bonds. The SMILES string of the molecule is CCCc1ccc2c(c1)CCC(C)(C)C2(C)C. The number of hydrogen-bond acceptors (Lipinski definition) is 0. The molecule has 0 fully saturated rings. The summed E-state index contributed by atoms with van der Waals surface area (Å²) in [6.45, 7) is 11.9. The van der Waals surface area contributed by atoms with Crippen LogP contribution in [0.5, 0.6) is 0 Å². The van der Waals surface area contributed by atoms with Crippen LogP contribution in [0, 0.1) is 5.41 Å². The van der Waals surface area contributed by atoms with Crippen molar-refractivity contribution in [1.82, 2.24) is 0 Å². The lowest BCUT2D eigenvalue weighted by atomic mass is 9.57. The van der Waals surface area contributed by atoms with E-state index >= 15 is 0 Å². The van der Waals surface area contributed by atoms with Crippen LogP contribution in [0.25, 0.3) is 0 Å². The third kappa shape index (κ3) is 2.03. The zero-order chi connectivity index (χ0) is 12.7. The molecule has 0 unspecified atom stereocenters. The van der Waals surface area contributed by atoms with Crippen LogP contribution in [0.4, 0.5) is 0 Å². The lowest BCUT2D eigenvalue weighted by Crippen LogP contribution is -2.41. The molecule has 2 rings (SSSR count). The first kappa shape index (κ1) is 12.7. The van der Waals surface area contributed by atoms with Crippen LogP contribution < -0.4 is 0 Å². The Balaban J connectivity index is 2.44. The summed E-state index contributed by atoms with van der Waals surface area (Å²) in [5.41, 5.74) is 5.40. The first-order chi connectivity index (χ1) is 7.88. The second-order valence-corrected chi connectivity index (χ2v) is 6.75. The maximum atomic E-state index is 2.45. The maximum absolute atomic E-state index is 2.45. The number of rotatable bonds is 2. The summed E-state index contributed by atoms with van der Waals surface area (Å²) in [5.74, 6) is 0. The van der Waals surface area contributed by atoms with E-state index in [0.29, 0.717) is 10.8 Å². The Labute approximate surface area is 106 Å². The van der Waals surface area contributed by atoms with Gasteiger partial charge in [-0.2, -0.15) is 0 Å². The molecule has 0 aromatic heterocycles. The molecule has 1 aliphatic carbocycles. The molecule has 94 valence electrons. The summed E-state index contributed by atoms with van der Waals surface area (Å²) in [6, 6.07) is 7.18. The standard InChI is InChI=1S/C17H26/c1-6-7-13-8-9-15-14(12-13)10-11-16(2,3)17(15,4)5/h8-9,12H,6-7,10-11H2,1-5H3. The summed E-state index contributed by atoms with van der Waals surface area (Å²) in [6.07, 6.45) is 5.02. The summed E-state index contributed by atoms with van der Waals surface area (Å²) in [7, 11) is 0. The van der Waals surface area contributed by atoms with Crippen LogP contribution in [0.3, 0.4) is 0 Å². The van der Waals surface area contributed by atoms with Crippen molar-refractivity contribution in [3.05, 3.63) is 34.9 Å². The van der Waals surface area contributed by atoms with E-state index in [1.54, 1.807) is 11.1 Å². The first-order valence-corrected chi connectivity index (χ1v) is 7.01. The molecule has 17 heavy (non-hydrogen) atoms. The third-order valence-corrected chi connectivity index (χ3v) is 5.09. The van der Waals surface area contributed by atoms with Crippen LogP contribution in [-0.2, 0) is 18.3 Å². The molecule has 0 radical (unpaired) electrons. The zero-order valence-electron chi connectivity index (χ0n) is 12.1. The molecule has 1 aromatic carbocycles. The molecule has 1 aliphatic rings. The predicted octanol–water partition coefficient (Wildman–Crippen LogP) is 4.89. The molecule has 0 saturated heterocycles. The Morgan fingerprint density at radius 3 is 2.47 bits per heavy atom. The van der Waals surface area contributed by atoms with Gasteiger partial charge >= 0.3 is 0 Å². The molecule has 0 N–H and O–H groups in total. The number of fused-ring (bicyclic) bond motifs is 1. The van der Waals surface area contributed by atoms with Gasteiger partial charge in [-0.05, 0) is 46.8 Å². The van der Waals surface area contributed by atoms with Gasteiger partial charge in [0.25, 0.3) is 0 Å². The molecule has 0 nitrogen and oxygen atoms in total. The van der Waals surface area contributed by atoms with Gasteiger partial charge in [0.15, 0.2) is 0 Å². The number of hydrogen-bond donors (Lipinski definition) is 0. The summed E-state index contributed by atoms with van der Waals surface area (Å²) in [5, 5.41) is 0. The van der Waals surface area contributed by atoms with Gasteiger partial charge in [0.1, 0.15) is 0 Å². The Hall–Kier alpha value is -0.780. The van der Waals surface area contributed by atoms with E-state index in [9.17, 15) is 0 Å². The minimum absolute atomic E-state index is 0.297. The third-order valence-electron chi connectivity index (χ3n) is 5.09. The predicted molar refractivity (Wildman–Crippen MR) is 75.6 cm³/mol. The van der Waals surface area contributed by atoms with Gasteiger partial charge < -0.3 is 0 Å². The van der Waals surface area contributed by atoms with Gasteiger partial charge in [-0.3, -0.25) is 0 Å². The monoisotopic (exact) mass is 230 g/mol. The lowest BCUT2D eigenvalue weighted by molar-refractivity contribution is 0.165. The van der Waals surface area contributed by atoms with E-state index in [-0.39, 0.29) is 0 Å². The Morgan fingerprint density at radius 2 is 1.82 bits per heavy atom. The second kappa shape index (κ2) is 4.15. The van der Waals surface area contributed by atoms with E-state index in [0.717, 1.165) is 0 Å². The van der Waals surface area contributed by atoms with E-state index < -0.39 is 0 Å². The van der Waals surface area contributed by atoms with Crippen molar-refractivity contribution in [2.45, 2.75) is 65.7 Å². The Kier molecular flexibility index (Phi) is 3.10. The summed E-state index contributed by atoms with van der Waals surface area (Å²) in [4.78, 5) is 0. The Morgan fingerprint density at radius 1 is 1.12 bits per heavy atom. The van der Waals surface area contributed by atoms with Gasteiger partial charge in [-0.25, -0.2) is 0 Å². The van der Waals surface area contributed by atoms with Crippen molar-refractivity contribution in [3.63, 3.8) is 0 Å². The molecule has 1 aromatic rings. The number of aryl methyl sites for hydroxylation is 2. The minimum Gasteiger partial charge on any atom is -0.0651 e. The van der Waals surface area contributed by atoms with Crippen molar-refractivity contribution < 1.29 is 0 Å². The highest BCUT2D eigenvalue weighted by Crippen LogP contribution is 2.49. The van der Waals surface area contributed by atoms with Crippen LogP contribution in [-0.4, -0.2) is 0 Å². The fourth-order valence-corrected chi connectivity index (χ4v) is 3.03. The van der Waals surface area contributed by atoms with Crippen molar-refractivity contribution in [1.29, 1.82) is 0 Å². The van der Waals surface area contributed by atoms with Gasteiger partial charge in [0.2, 0.25) is 0 Å². The van der Waals surface area contributed by atoms with Crippen molar-refractivity contribution in [2.75, 3.05) is 0 Å². The molecular weight excluding hydrogens is 204 g/mol. The highest BCUT2D eigenvalue weighted by Gasteiger charge is 2.42. The largest absolute Gasteiger partial charge is 0.0651 e. The van der Waals surface area contributed by atoms with Gasteiger partial charge in [0, 0.05) is 0 Å². The second-order valence-electron chi connectivity index (χ2n) is 6.75. The van der Waals surface area contributed by atoms with Crippen LogP contribution in [0.2, 0.25) is 0 Å².